The van der Waals surface area contributed by atoms with Crippen molar-refractivity contribution in [2.75, 3.05) is 11.4 Å². The van der Waals surface area contributed by atoms with Crippen molar-refractivity contribution in [2.45, 2.75) is 25.7 Å². The van der Waals surface area contributed by atoms with Gasteiger partial charge in [0.05, 0.1) is 15.5 Å². The van der Waals surface area contributed by atoms with Crippen molar-refractivity contribution in [1.82, 2.24) is 0 Å². The summed E-state index contributed by atoms with van der Waals surface area (Å²) < 4.78 is 26.6. The fourth-order valence-corrected chi connectivity index (χ4v) is 3.58. The average Bonchev–Trinajstić information content (AvgIpc) is 2.45. The number of rotatable bonds is 4. The lowest BCUT2D eigenvalue weighted by molar-refractivity contribution is -0.385. The van der Waals surface area contributed by atoms with Crippen molar-refractivity contribution in [1.29, 1.82) is 0 Å². The molecule has 0 aliphatic heterocycles. The molecule has 0 amide bonds. The number of aryl methyl sites for hydroxylation is 3. The van der Waals surface area contributed by atoms with Crippen LogP contribution in [0.15, 0.2) is 41.3 Å². The van der Waals surface area contributed by atoms with Gasteiger partial charge in [0.1, 0.15) is 0 Å². The molecule has 0 fully saturated rings. The summed E-state index contributed by atoms with van der Waals surface area (Å²) in [5.74, 6) is 0. The van der Waals surface area contributed by atoms with Gasteiger partial charge in [-0.25, -0.2) is 8.42 Å². The lowest BCUT2D eigenvalue weighted by Gasteiger charge is -2.20. The second-order valence-corrected chi connectivity index (χ2v) is 7.49. The summed E-state index contributed by atoms with van der Waals surface area (Å²) in [4.78, 5) is 10.3. The van der Waals surface area contributed by atoms with Crippen LogP contribution < -0.4 is 4.31 Å². The van der Waals surface area contributed by atoms with Crippen LogP contribution in [0.2, 0.25) is 0 Å². The van der Waals surface area contributed by atoms with Crippen molar-refractivity contribution in [3.63, 3.8) is 0 Å². The maximum Gasteiger partial charge on any atom is 0.273 e. The molecule has 0 aliphatic carbocycles. The third-order valence-corrected chi connectivity index (χ3v) is 5.39. The van der Waals surface area contributed by atoms with Crippen LogP contribution in [0, 0.1) is 30.9 Å². The Morgan fingerprint density at radius 2 is 1.57 bits per heavy atom. The van der Waals surface area contributed by atoms with E-state index in [1.54, 1.807) is 19.1 Å². The van der Waals surface area contributed by atoms with Crippen molar-refractivity contribution >= 4 is 21.4 Å². The van der Waals surface area contributed by atoms with Gasteiger partial charge in [-0.3, -0.25) is 14.4 Å². The highest BCUT2D eigenvalue weighted by atomic mass is 32.2. The van der Waals surface area contributed by atoms with E-state index >= 15 is 0 Å². The predicted molar refractivity (Wildman–Crippen MR) is 89.3 cm³/mol. The average molecular weight is 334 g/mol. The second-order valence-electron chi connectivity index (χ2n) is 5.52. The van der Waals surface area contributed by atoms with Crippen LogP contribution in [-0.2, 0) is 10.0 Å². The third-order valence-electron chi connectivity index (χ3n) is 3.61. The molecule has 0 saturated carbocycles. The molecule has 0 bridgehead atoms. The number of benzene rings is 2. The lowest BCUT2D eigenvalue weighted by atomic mass is 10.1. The first kappa shape index (κ1) is 17.0. The largest absolute Gasteiger partial charge is 0.273 e. The Kier molecular flexibility index (Phi) is 4.42. The molecule has 0 unspecified atom stereocenters. The van der Waals surface area contributed by atoms with Gasteiger partial charge in [-0.2, -0.15) is 0 Å². The van der Waals surface area contributed by atoms with Crippen LogP contribution in [0.5, 0.6) is 0 Å². The Morgan fingerprint density at radius 3 is 2.09 bits per heavy atom. The SMILES string of the molecule is Cc1cc(C)cc(N(C)S(=O)(=O)c2ccc(C)c([N+](=O)[O-])c2)c1. The van der Waals surface area contributed by atoms with Crippen LogP contribution in [-0.4, -0.2) is 20.4 Å². The summed E-state index contributed by atoms with van der Waals surface area (Å²) in [6.45, 7) is 5.34. The maximum atomic E-state index is 12.7. The minimum atomic E-state index is -3.87. The number of hydrogen-bond acceptors (Lipinski definition) is 4. The van der Waals surface area contributed by atoms with E-state index in [9.17, 15) is 18.5 Å². The van der Waals surface area contributed by atoms with Crippen LogP contribution in [0.4, 0.5) is 11.4 Å². The van der Waals surface area contributed by atoms with Gasteiger partial charge in [0.15, 0.2) is 0 Å². The van der Waals surface area contributed by atoms with E-state index in [4.69, 9.17) is 0 Å². The molecule has 0 N–H and O–H groups in total. The number of sulfonamides is 1. The van der Waals surface area contributed by atoms with Gasteiger partial charge in [-0.15, -0.1) is 0 Å². The second kappa shape index (κ2) is 6.00. The molecule has 2 aromatic rings. The van der Waals surface area contributed by atoms with E-state index in [0.717, 1.165) is 21.5 Å². The fraction of sp³-hybridized carbons (Fsp3) is 0.250. The van der Waals surface area contributed by atoms with Crippen LogP contribution in [0.1, 0.15) is 16.7 Å². The first-order valence-corrected chi connectivity index (χ1v) is 8.39. The van der Waals surface area contributed by atoms with Gasteiger partial charge in [0.25, 0.3) is 15.7 Å². The van der Waals surface area contributed by atoms with E-state index < -0.39 is 14.9 Å². The highest BCUT2D eigenvalue weighted by Crippen LogP contribution is 2.27. The zero-order valence-electron chi connectivity index (χ0n) is 13.4. The van der Waals surface area contributed by atoms with Gasteiger partial charge < -0.3 is 0 Å². The summed E-state index contributed by atoms with van der Waals surface area (Å²) in [7, 11) is -2.43. The standard InChI is InChI=1S/C16H18N2O4S/c1-11-7-12(2)9-14(8-11)17(4)23(21,22)15-6-5-13(3)16(10-15)18(19)20/h5-10H,1-4H3. The van der Waals surface area contributed by atoms with E-state index in [0.29, 0.717) is 11.3 Å². The van der Waals surface area contributed by atoms with E-state index in [2.05, 4.69) is 0 Å². The molecule has 0 saturated heterocycles. The first-order chi connectivity index (χ1) is 10.6. The minimum absolute atomic E-state index is 0.101. The fourth-order valence-electron chi connectivity index (χ4n) is 2.38. The molecule has 2 rings (SSSR count). The zero-order chi connectivity index (χ0) is 17.4. The zero-order valence-corrected chi connectivity index (χ0v) is 14.2. The molecule has 0 radical (unpaired) electrons. The van der Waals surface area contributed by atoms with Crippen molar-refractivity contribution in [3.05, 3.63) is 63.2 Å². The smallest absolute Gasteiger partial charge is 0.269 e. The number of anilines is 1. The quantitative estimate of drug-likeness (QED) is 0.634. The highest BCUT2D eigenvalue weighted by molar-refractivity contribution is 7.92. The molecule has 23 heavy (non-hydrogen) atoms. The van der Waals surface area contributed by atoms with Crippen molar-refractivity contribution in [3.8, 4) is 0 Å². The Balaban J connectivity index is 2.53. The Hall–Kier alpha value is -2.41. The predicted octanol–water partition coefficient (Wildman–Crippen LogP) is 3.35. The number of hydrogen-bond donors (Lipinski definition) is 0. The summed E-state index contributed by atoms with van der Waals surface area (Å²) in [5.41, 5.74) is 2.61. The van der Waals surface area contributed by atoms with Gasteiger partial charge in [0, 0.05) is 18.7 Å². The summed E-state index contributed by atoms with van der Waals surface area (Å²) in [5, 5.41) is 11.0. The van der Waals surface area contributed by atoms with Crippen LogP contribution >= 0.6 is 0 Å². The highest BCUT2D eigenvalue weighted by Gasteiger charge is 2.24. The summed E-state index contributed by atoms with van der Waals surface area (Å²) in [6.07, 6.45) is 0. The first-order valence-electron chi connectivity index (χ1n) is 6.95. The van der Waals surface area contributed by atoms with Gasteiger partial charge >= 0.3 is 0 Å². The number of nitro benzene ring substituents is 1. The normalized spacial score (nSPS) is 11.3. The molecule has 0 aromatic heterocycles. The van der Waals surface area contributed by atoms with E-state index in [1.807, 2.05) is 19.9 Å². The molecule has 0 heterocycles. The summed E-state index contributed by atoms with van der Waals surface area (Å²) in [6, 6.07) is 9.39. The minimum Gasteiger partial charge on any atom is -0.269 e. The molecule has 0 spiro atoms. The topological polar surface area (TPSA) is 80.5 Å². The molecule has 2 aromatic carbocycles. The molecule has 7 heteroatoms. The van der Waals surface area contributed by atoms with E-state index in [-0.39, 0.29) is 10.6 Å². The Bertz CT molecular complexity index is 855. The molecule has 0 atom stereocenters. The third kappa shape index (κ3) is 3.34. The van der Waals surface area contributed by atoms with Gasteiger partial charge in [-0.05, 0) is 50.1 Å². The molecular formula is C16H18N2O4S. The van der Waals surface area contributed by atoms with Crippen LogP contribution in [0.25, 0.3) is 0 Å². The summed E-state index contributed by atoms with van der Waals surface area (Å²) >= 11 is 0. The van der Waals surface area contributed by atoms with Gasteiger partial charge in [-0.1, -0.05) is 12.1 Å². The van der Waals surface area contributed by atoms with Gasteiger partial charge in [0.2, 0.25) is 0 Å². The van der Waals surface area contributed by atoms with Crippen molar-refractivity contribution in [2.24, 2.45) is 0 Å². The molecule has 122 valence electrons. The molecular weight excluding hydrogens is 316 g/mol. The Labute approximate surface area is 135 Å². The lowest BCUT2D eigenvalue weighted by Crippen LogP contribution is -2.26. The number of nitro groups is 1. The van der Waals surface area contributed by atoms with E-state index in [1.165, 1.54) is 19.2 Å². The maximum absolute atomic E-state index is 12.7. The van der Waals surface area contributed by atoms with Crippen LogP contribution in [0.3, 0.4) is 0 Å². The number of nitrogens with zero attached hydrogens (tertiary/aromatic N) is 2. The molecule has 0 aliphatic rings. The van der Waals surface area contributed by atoms with Crippen molar-refractivity contribution < 1.29 is 13.3 Å². The monoisotopic (exact) mass is 334 g/mol. The molecule has 6 nitrogen and oxygen atoms in total. The Morgan fingerprint density at radius 1 is 1.00 bits per heavy atom.